The summed E-state index contributed by atoms with van der Waals surface area (Å²) in [6.07, 6.45) is 3.49. The van der Waals surface area contributed by atoms with E-state index >= 15 is 0 Å². The molecular weight excluding hydrogens is 258 g/mol. The second kappa shape index (κ2) is 4.51. The third-order valence-corrected chi connectivity index (χ3v) is 4.23. The third kappa shape index (κ3) is 2.02. The van der Waals surface area contributed by atoms with Crippen molar-refractivity contribution in [3.8, 4) is 21.7 Å². The van der Waals surface area contributed by atoms with Gasteiger partial charge >= 0.3 is 0 Å². The van der Waals surface area contributed by atoms with Gasteiger partial charge in [-0.3, -0.25) is 4.98 Å². The van der Waals surface area contributed by atoms with Crippen molar-refractivity contribution in [2.75, 3.05) is 5.73 Å². The smallest absolute Gasteiger partial charge is 0.230 e. The number of hydrogen-bond acceptors (Lipinski definition) is 5. The first kappa shape index (κ1) is 11.9. The fraction of sp³-hybridized carbons (Fsp3) is 0.143. The number of aromatic nitrogens is 2. The van der Waals surface area contributed by atoms with Crippen molar-refractivity contribution in [3.63, 3.8) is 0 Å². The average Bonchev–Trinajstić information content (AvgIpc) is 2.95. The highest BCUT2D eigenvalue weighted by Gasteiger charge is 2.19. The topological polar surface area (TPSA) is 64.9 Å². The quantitative estimate of drug-likeness (QED) is 0.772. The van der Waals surface area contributed by atoms with Crippen LogP contribution >= 0.6 is 11.3 Å². The van der Waals surface area contributed by atoms with E-state index in [0.29, 0.717) is 5.88 Å². The molecule has 4 nitrogen and oxygen atoms in total. The SMILES string of the molecule is Cc1cc(-c2noc(N)c2-c2cccnc2)sc1C. The largest absolute Gasteiger partial charge is 0.367 e. The minimum atomic E-state index is 0.326. The van der Waals surface area contributed by atoms with Crippen LogP contribution in [0.3, 0.4) is 0 Å². The second-order valence-corrected chi connectivity index (χ2v) is 5.62. The summed E-state index contributed by atoms with van der Waals surface area (Å²) in [7, 11) is 0. The van der Waals surface area contributed by atoms with Gasteiger partial charge in [-0.2, -0.15) is 0 Å². The van der Waals surface area contributed by atoms with E-state index in [0.717, 1.165) is 21.7 Å². The van der Waals surface area contributed by atoms with Crippen LogP contribution in [0, 0.1) is 13.8 Å². The predicted molar refractivity (Wildman–Crippen MR) is 76.9 cm³/mol. The summed E-state index contributed by atoms with van der Waals surface area (Å²) in [6.45, 7) is 4.18. The Morgan fingerprint density at radius 2 is 2.16 bits per heavy atom. The highest BCUT2D eigenvalue weighted by atomic mass is 32.1. The number of anilines is 1. The van der Waals surface area contributed by atoms with E-state index in [2.05, 4.69) is 30.1 Å². The van der Waals surface area contributed by atoms with Crippen molar-refractivity contribution in [2.24, 2.45) is 0 Å². The molecule has 0 fully saturated rings. The fourth-order valence-corrected chi connectivity index (χ4v) is 2.97. The maximum Gasteiger partial charge on any atom is 0.230 e. The number of nitrogens with zero attached hydrogens (tertiary/aromatic N) is 2. The Balaban J connectivity index is 2.19. The van der Waals surface area contributed by atoms with Crippen LogP contribution < -0.4 is 5.73 Å². The lowest BCUT2D eigenvalue weighted by Gasteiger charge is -1.99. The Morgan fingerprint density at radius 3 is 2.79 bits per heavy atom. The van der Waals surface area contributed by atoms with Crippen molar-refractivity contribution in [3.05, 3.63) is 41.0 Å². The van der Waals surface area contributed by atoms with E-state index in [1.807, 2.05) is 12.1 Å². The molecular formula is C14H13N3OS. The minimum Gasteiger partial charge on any atom is -0.367 e. The number of nitrogens with two attached hydrogens (primary N) is 1. The molecule has 0 atom stereocenters. The van der Waals surface area contributed by atoms with Gasteiger partial charge in [0.2, 0.25) is 5.88 Å². The molecule has 0 bridgehead atoms. The molecule has 0 spiro atoms. The average molecular weight is 271 g/mol. The highest BCUT2D eigenvalue weighted by Crippen LogP contribution is 2.39. The van der Waals surface area contributed by atoms with Gasteiger partial charge < -0.3 is 10.3 Å². The van der Waals surface area contributed by atoms with Crippen LogP contribution in [0.1, 0.15) is 10.4 Å². The van der Waals surface area contributed by atoms with E-state index < -0.39 is 0 Å². The molecule has 5 heteroatoms. The summed E-state index contributed by atoms with van der Waals surface area (Å²) in [6, 6.07) is 5.93. The number of aryl methyl sites for hydroxylation is 2. The zero-order chi connectivity index (χ0) is 13.4. The second-order valence-electron chi connectivity index (χ2n) is 4.36. The highest BCUT2D eigenvalue weighted by molar-refractivity contribution is 7.15. The third-order valence-electron chi connectivity index (χ3n) is 3.07. The molecule has 0 amide bonds. The molecule has 3 heterocycles. The van der Waals surface area contributed by atoms with Crippen molar-refractivity contribution >= 4 is 17.2 Å². The van der Waals surface area contributed by atoms with Gasteiger partial charge in [0.05, 0.1) is 10.4 Å². The number of rotatable bonds is 2. The van der Waals surface area contributed by atoms with Gasteiger partial charge in [-0.25, -0.2) is 0 Å². The number of hydrogen-bond donors (Lipinski definition) is 1. The van der Waals surface area contributed by atoms with Gasteiger partial charge in [-0.1, -0.05) is 11.2 Å². The lowest BCUT2D eigenvalue weighted by atomic mass is 10.1. The van der Waals surface area contributed by atoms with E-state index in [4.69, 9.17) is 10.3 Å². The lowest BCUT2D eigenvalue weighted by molar-refractivity contribution is 0.439. The Hall–Kier alpha value is -2.14. The zero-order valence-corrected chi connectivity index (χ0v) is 11.5. The summed E-state index contributed by atoms with van der Waals surface area (Å²) >= 11 is 1.69. The molecule has 0 aliphatic rings. The molecule has 0 unspecified atom stereocenters. The van der Waals surface area contributed by atoms with E-state index in [1.165, 1.54) is 10.4 Å². The molecule has 0 aliphatic heterocycles. The molecule has 0 saturated carbocycles. The Bertz CT molecular complexity index is 696. The molecule has 3 rings (SSSR count). The molecule has 0 saturated heterocycles. The van der Waals surface area contributed by atoms with Crippen LogP contribution in [0.4, 0.5) is 5.88 Å². The number of nitrogen functional groups attached to an aromatic ring is 1. The standard InChI is InChI=1S/C14H13N3OS/c1-8-6-11(19-9(8)2)13-12(14(15)18-17-13)10-4-3-5-16-7-10/h3-7H,15H2,1-2H3. The lowest BCUT2D eigenvalue weighted by Crippen LogP contribution is -1.87. The Kier molecular flexibility index (Phi) is 2.83. The van der Waals surface area contributed by atoms with Crippen LogP contribution in [0.15, 0.2) is 35.1 Å². The molecule has 0 aliphatic carbocycles. The molecule has 0 aromatic carbocycles. The van der Waals surface area contributed by atoms with E-state index in [-0.39, 0.29) is 0 Å². The normalized spacial score (nSPS) is 10.8. The monoisotopic (exact) mass is 271 g/mol. The van der Waals surface area contributed by atoms with E-state index in [1.54, 1.807) is 23.7 Å². The molecule has 3 aromatic heterocycles. The summed E-state index contributed by atoms with van der Waals surface area (Å²) < 4.78 is 5.16. The Labute approximate surface area is 114 Å². The zero-order valence-electron chi connectivity index (χ0n) is 10.7. The molecule has 2 N–H and O–H groups in total. The summed E-state index contributed by atoms with van der Waals surface area (Å²) in [5, 5.41) is 4.10. The number of pyridine rings is 1. The van der Waals surface area contributed by atoms with Crippen molar-refractivity contribution in [2.45, 2.75) is 13.8 Å². The van der Waals surface area contributed by atoms with Gasteiger partial charge in [0.15, 0.2) is 0 Å². The van der Waals surface area contributed by atoms with Crippen molar-refractivity contribution in [1.82, 2.24) is 10.1 Å². The van der Waals surface area contributed by atoms with Gasteiger partial charge in [-0.05, 0) is 31.5 Å². The predicted octanol–water partition coefficient (Wildman–Crippen LogP) is 3.66. The van der Waals surface area contributed by atoms with Crippen LogP contribution in [-0.2, 0) is 0 Å². The van der Waals surface area contributed by atoms with E-state index in [9.17, 15) is 0 Å². The fourth-order valence-electron chi connectivity index (χ4n) is 1.95. The van der Waals surface area contributed by atoms with Gasteiger partial charge in [-0.15, -0.1) is 11.3 Å². The first-order valence-electron chi connectivity index (χ1n) is 5.89. The van der Waals surface area contributed by atoms with Crippen LogP contribution in [-0.4, -0.2) is 10.1 Å². The maximum atomic E-state index is 5.90. The number of thiophene rings is 1. The van der Waals surface area contributed by atoms with Gasteiger partial charge in [0.1, 0.15) is 5.69 Å². The van der Waals surface area contributed by atoms with Gasteiger partial charge in [0, 0.05) is 22.8 Å². The summed E-state index contributed by atoms with van der Waals surface area (Å²) in [5.41, 5.74) is 9.67. The van der Waals surface area contributed by atoms with Crippen molar-refractivity contribution in [1.29, 1.82) is 0 Å². The first-order valence-corrected chi connectivity index (χ1v) is 6.71. The maximum absolute atomic E-state index is 5.90. The molecule has 0 radical (unpaired) electrons. The molecule has 3 aromatic rings. The molecule has 19 heavy (non-hydrogen) atoms. The molecule has 96 valence electrons. The van der Waals surface area contributed by atoms with Crippen LogP contribution in [0.5, 0.6) is 0 Å². The van der Waals surface area contributed by atoms with Crippen molar-refractivity contribution < 1.29 is 4.52 Å². The minimum absolute atomic E-state index is 0.326. The van der Waals surface area contributed by atoms with Gasteiger partial charge in [0.25, 0.3) is 0 Å². The van der Waals surface area contributed by atoms with Crippen LogP contribution in [0.2, 0.25) is 0 Å². The van der Waals surface area contributed by atoms with Crippen LogP contribution in [0.25, 0.3) is 21.7 Å². The first-order chi connectivity index (χ1) is 9.16. The summed E-state index contributed by atoms with van der Waals surface area (Å²) in [5.74, 6) is 0.326. The Morgan fingerprint density at radius 1 is 1.32 bits per heavy atom. The summed E-state index contributed by atoms with van der Waals surface area (Å²) in [4.78, 5) is 6.45.